The Bertz CT molecular complexity index is 1200. The fourth-order valence-corrected chi connectivity index (χ4v) is 6.10. The third kappa shape index (κ3) is 4.86. The van der Waals surface area contributed by atoms with Crippen LogP contribution in [0, 0.1) is 5.92 Å². The largest absolute Gasteiger partial charge is 0.497 e. The number of methoxy groups -OCH3 is 2. The van der Waals surface area contributed by atoms with Crippen molar-refractivity contribution in [3.63, 3.8) is 0 Å². The second kappa shape index (κ2) is 10.5. The molecule has 3 aromatic rings. The van der Waals surface area contributed by atoms with E-state index in [1.54, 1.807) is 14.2 Å². The molecule has 0 radical (unpaired) electrons. The number of hydrogen-bond donors (Lipinski definition) is 1. The quantitative estimate of drug-likeness (QED) is 0.403. The van der Waals surface area contributed by atoms with E-state index in [-0.39, 0.29) is 23.9 Å². The van der Waals surface area contributed by atoms with Crippen LogP contribution in [-0.2, 0) is 4.79 Å². The first-order valence-corrected chi connectivity index (χ1v) is 13.2. The van der Waals surface area contributed by atoms with Gasteiger partial charge >= 0.3 is 0 Å². The van der Waals surface area contributed by atoms with Gasteiger partial charge in [0.2, 0.25) is 5.91 Å². The van der Waals surface area contributed by atoms with Gasteiger partial charge in [-0.2, -0.15) is 0 Å². The summed E-state index contributed by atoms with van der Waals surface area (Å²) < 4.78 is 13.1. The maximum Gasteiger partial charge on any atom is 0.243 e. The van der Waals surface area contributed by atoms with E-state index < -0.39 is 0 Å². The number of nitrogens with one attached hydrogen (secondary N) is 1. The van der Waals surface area contributed by atoms with Crippen LogP contribution in [0.25, 0.3) is 22.4 Å². The first kappa shape index (κ1) is 24.0. The number of hydrogen-bond acceptors (Lipinski definition) is 4. The summed E-state index contributed by atoms with van der Waals surface area (Å²) in [6.07, 6.45) is 10.1. The predicted molar refractivity (Wildman–Crippen MR) is 139 cm³/mol. The molecule has 5 rings (SSSR count). The van der Waals surface area contributed by atoms with Crippen LogP contribution in [0.3, 0.4) is 0 Å². The van der Waals surface area contributed by atoms with Crippen LogP contribution in [0.2, 0.25) is 5.02 Å². The summed E-state index contributed by atoms with van der Waals surface area (Å²) in [5.74, 6) is 2.46. The molecule has 0 spiro atoms. The normalized spacial score (nSPS) is 18.0. The summed E-state index contributed by atoms with van der Waals surface area (Å²) in [4.78, 5) is 19.0. The lowest BCUT2D eigenvalue weighted by Gasteiger charge is -2.32. The number of halogens is 1. The molecule has 1 amide bonds. The molecule has 1 aromatic heterocycles. The average Bonchev–Trinajstić information content (AvgIpc) is 3.52. The lowest BCUT2D eigenvalue weighted by molar-refractivity contribution is -0.126. The summed E-state index contributed by atoms with van der Waals surface area (Å²) in [6.45, 7) is 0. The molecule has 2 saturated carbocycles. The van der Waals surface area contributed by atoms with E-state index in [1.165, 1.54) is 19.3 Å². The number of aromatic nitrogens is 2. The van der Waals surface area contributed by atoms with Crippen molar-refractivity contribution in [1.29, 1.82) is 0 Å². The standard InChI is InChI=1S/C28H34ClN3O3/c1-34-21-13-14-23-24(17-21)32(27(31-23)19-12-15-25(35-2)22(29)16-19)26(18-8-4-3-5-9-18)28(33)30-20-10-6-7-11-20/h12-18,20,26H,3-11H2,1-2H3,(H,30,33). The maximum atomic E-state index is 14.0. The minimum atomic E-state index is -0.344. The Kier molecular flexibility index (Phi) is 7.19. The van der Waals surface area contributed by atoms with Crippen molar-refractivity contribution in [2.75, 3.05) is 14.2 Å². The molecule has 2 fully saturated rings. The van der Waals surface area contributed by atoms with Crippen LogP contribution < -0.4 is 14.8 Å². The molecule has 6 nitrogen and oxygen atoms in total. The summed E-state index contributed by atoms with van der Waals surface area (Å²) in [5, 5.41) is 3.92. The summed E-state index contributed by atoms with van der Waals surface area (Å²) >= 11 is 6.52. The van der Waals surface area contributed by atoms with Gasteiger partial charge in [-0.15, -0.1) is 0 Å². The van der Waals surface area contributed by atoms with E-state index in [1.807, 2.05) is 36.4 Å². The Hall–Kier alpha value is -2.73. The average molecular weight is 496 g/mol. The van der Waals surface area contributed by atoms with E-state index >= 15 is 0 Å². The van der Waals surface area contributed by atoms with E-state index in [0.29, 0.717) is 10.8 Å². The van der Waals surface area contributed by atoms with Gasteiger partial charge in [0, 0.05) is 17.7 Å². The molecule has 1 N–H and O–H groups in total. The highest BCUT2D eigenvalue weighted by Crippen LogP contribution is 2.40. The highest BCUT2D eigenvalue weighted by Gasteiger charge is 2.35. The summed E-state index contributed by atoms with van der Waals surface area (Å²) in [7, 11) is 3.27. The SMILES string of the molecule is COc1ccc2nc(-c3ccc(OC)c(Cl)c3)n(C(C(=O)NC3CCCC3)C3CCCCC3)c2c1. The number of carbonyl (C=O) groups excluding carboxylic acids is 1. The van der Waals surface area contributed by atoms with E-state index in [0.717, 1.165) is 66.7 Å². The number of rotatable bonds is 7. The van der Waals surface area contributed by atoms with Gasteiger partial charge in [-0.25, -0.2) is 4.98 Å². The van der Waals surface area contributed by atoms with Crippen LogP contribution >= 0.6 is 11.6 Å². The first-order valence-electron chi connectivity index (χ1n) is 12.8. The summed E-state index contributed by atoms with van der Waals surface area (Å²) in [5.41, 5.74) is 2.60. The topological polar surface area (TPSA) is 65.4 Å². The second-order valence-electron chi connectivity index (χ2n) is 9.84. The van der Waals surface area contributed by atoms with Crippen molar-refractivity contribution in [1.82, 2.24) is 14.9 Å². The number of imidazole rings is 1. The van der Waals surface area contributed by atoms with Crippen molar-refractivity contribution in [2.45, 2.75) is 69.9 Å². The molecule has 1 heterocycles. The number of nitrogens with zero attached hydrogens (tertiary/aromatic N) is 2. The zero-order valence-corrected chi connectivity index (χ0v) is 21.3. The molecule has 35 heavy (non-hydrogen) atoms. The van der Waals surface area contributed by atoms with Crippen molar-refractivity contribution >= 4 is 28.5 Å². The lowest BCUT2D eigenvalue weighted by Crippen LogP contribution is -2.42. The minimum Gasteiger partial charge on any atom is -0.497 e. The van der Waals surface area contributed by atoms with Gasteiger partial charge in [-0.05, 0) is 61.9 Å². The zero-order chi connectivity index (χ0) is 24.4. The van der Waals surface area contributed by atoms with Crippen molar-refractivity contribution in [3.05, 3.63) is 41.4 Å². The highest BCUT2D eigenvalue weighted by atomic mass is 35.5. The smallest absolute Gasteiger partial charge is 0.243 e. The predicted octanol–water partition coefficient (Wildman–Crippen LogP) is 6.55. The molecule has 0 aliphatic heterocycles. The Morgan fingerprint density at radius 2 is 1.74 bits per heavy atom. The van der Waals surface area contributed by atoms with Crippen LogP contribution in [0.15, 0.2) is 36.4 Å². The number of fused-ring (bicyclic) bond motifs is 1. The molecule has 1 atom stereocenters. The Morgan fingerprint density at radius 3 is 2.43 bits per heavy atom. The monoisotopic (exact) mass is 495 g/mol. The minimum absolute atomic E-state index is 0.103. The number of ether oxygens (including phenoxy) is 2. The van der Waals surface area contributed by atoms with Gasteiger partial charge < -0.3 is 19.4 Å². The second-order valence-corrected chi connectivity index (χ2v) is 10.2. The van der Waals surface area contributed by atoms with Crippen LogP contribution in [-0.4, -0.2) is 35.7 Å². The third-order valence-electron chi connectivity index (χ3n) is 7.65. The number of benzene rings is 2. The highest BCUT2D eigenvalue weighted by molar-refractivity contribution is 6.32. The van der Waals surface area contributed by atoms with Gasteiger partial charge in [0.05, 0.1) is 30.3 Å². The molecule has 2 aliphatic carbocycles. The molecular formula is C28H34ClN3O3. The number of amides is 1. The fourth-order valence-electron chi connectivity index (χ4n) is 5.84. The first-order chi connectivity index (χ1) is 17.1. The van der Waals surface area contributed by atoms with Crippen LogP contribution in [0.4, 0.5) is 0 Å². The lowest BCUT2D eigenvalue weighted by atomic mass is 9.83. The molecule has 2 aromatic carbocycles. The van der Waals surface area contributed by atoms with Crippen LogP contribution in [0.5, 0.6) is 11.5 Å². The molecule has 7 heteroatoms. The Labute approximate surface area is 212 Å². The Morgan fingerprint density at radius 1 is 1.00 bits per heavy atom. The fraction of sp³-hybridized carbons (Fsp3) is 0.500. The van der Waals surface area contributed by atoms with E-state index in [9.17, 15) is 4.79 Å². The Balaban J connectivity index is 1.68. The van der Waals surface area contributed by atoms with E-state index in [4.69, 9.17) is 26.1 Å². The molecule has 0 bridgehead atoms. The van der Waals surface area contributed by atoms with Crippen molar-refractivity contribution in [3.8, 4) is 22.9 Å². The van der Waals surface area contributed by atoms with Gasteiger partial charge in [0.1, 0.15) is 23.4 Å². The number of carbonyl (C=O) groups is 1. The van der Waals surface area contributed by atoms with Gasteiger partial charge in [-0.1, -0.05) is 43.7 Å². The third-order valence-corrected chi connectivity index (χ3v) is 7.95. The summed E-state index contributed by atoms with van der Waals surface area (Å²) in [6, 6.07) is 11.5. The van der Waals surface area contributed by atoms with E-state index in [2.05, 4.69) is 9.88 Å². The van der Waals surface area contributed by atoms with Crippen molar-refractivity contribution in [2.24, 2.45) is 5.92 Å². The van der Waals surface area contributed by atoms with Crippen molar-refractivity contribution < 1.29 is 14.3 Å². The zero-order valence-electron chi connectivity index (χ0n) is 20.6. The molecule has 1 unspecified atom stereocenters. The van der Waals surface area contributed by atoms with Gasteiger partial charge in [-0.3, -0.25) is 4.79 Å². The molecule has 0 saturated heterocycles. The maximum absolute atomic E-state index is 14.0. The molecule has 2 aliphatic rings. The molecule has 186 valence electrons. The van der Waals surface area contributed by atoms with Gasteiger partial charge in [0.15, 0.2) is 0 Å². The molecular weight excluding hydrogens is 462 g/mol. The van der Waals surface area contributed by atoms with Crippen LogP contribution in [0.1, 0.15) is 63.8 Å². The van der Waals surface area contributed by atoms with Gasteiger partial charge in [0.25, 0.3) is 0 Å².